The standard InChI is InChI=1S/C14H16N8O2/c1-20(2)14(24)18-11-7-16-21(19-11)8-12(23)22-10-6-4-3-5-9(10)17-13(22)15/h3-7H,8H2,1-2H3,(H2,15,17)(H,18,19,24). The summed E-state index contributed by atoms with van der Waals surface area (Å²) in [7, 11) is 3.21. The van der Waals surface area contributed by atoms with Gasteiger partial charge in [0.15, 0.2) is 5.82 Å². The van der Waals surface area contributed by atoms with Crippen molar-refractivity contribution in [1.29, 1.82) is 0 Å². The van der Waals surface area contributed by atoms with Gasteiger partial charge in [-0.05, 0) is 12.1 Å². The van der Waals surface area contributed by atoms with E-state index in [0.29, 0.717) is 11.0 Å². The van der Waals surface area contributed by atoms with Gasteiger partial charge in [0.25, 0.3) is 5.91 Å². The lowest BCUT2D eigenvalue weighted by Crippen LogP contribution is -2.27. The number of hydrogen-bond acceptors (Lipinski definition) is 6. The molecule has 0 atom stereocenters. The third-order valence-corrected chi connectivity index (χ3v) is 3.29. The van der Waals surface area contributed by atoms with E-state index in [1.165, 1.54) is 20.5 Å². The lowest BCUT2D eigenvalue weighted by molar-refractivity contribution is 0.0888. The first-order valence-corrected chi connectivity index (χ1v) is 7.10. The van der Waals surface area contributed by atoms with Gasteiger partial charge in [-0.3, -0.25) is 10.1 Å². The van der Waals surface area contributed by atoms with Gasteiger partial charge in [0, 0.05) is 14.1 Å². The minimum Gasteiger partial charge on any atom is -0.369 e. The SMILES string of the molecule is CN(C)C(=O)Nc1cnn(CC(=O)n2c(N)nc3ccccc32)n1. The van der Waals surface area contributed by atoms with Crippen LogP contribution in [-0.4, -0.2) is 55.5 Å². The Balaban J connectivity index is 1.79. The highest BCUT2D eigenvalue weighted by atomic mass is 16.2. The van der Waals surface area contributed by atoms with Crippen molar-refractivity contribution < 1.29 is 9.59 Å². The van der Waals surface area contributed by atoms with Crippen LogP contribution >= 0.6 is 0 Å². The summed E-state index contributed by atoms with van der Waals surface area (Å²) >= 11 is 0. The summed E-state index contributed by atoms with van der Waals surface area (Å²) in [5, 5.41) is 10.6. The van der Waals surface area contributed by atoms with Crippen LogP contribution in [0.2, 0.25) is 0 Å². The molecule has 0 unspecified atom stereocenters. The number of imidazole rings is 1. The number of fused-ring (bicyclic) bond motifs is 1. The molecule has 124 valence electrons. The van der Waals surface area contributed by atoms with E-state index in [4.69, 9.17) is 5.73 Å². The van der Waals surface area contributed by atoms with Gasteiger partial charge >= 0.3 is 6.03 Å². The Bertz CT molecular complexity index is 911. The molecule has 1 aromatic carbocycles. The molecular weight excluding hydrogens is 312 g/mol. The molecule has 24 heavy (non-hydrogen) atoms. The van der Waals surface area contributed by atoms with Crippen LogP contribution in [0.3, 0.4) is 0 Å². The molecule has 0 aliphatic heterocycles. The van der Waals surface area contributed by atoms with E-state index in [1.807, 2.05) is 6.07 Å². The Hall–Kier alpha value is -3.43. The maximum atomic E-state index is 12.5. The van der Waals surface area contributed by atoms with Gasteiger partial charge in [-0.1, -0.05) is 12.1 Å². The number of amides is 2. The molecule has 0 spiro atoms. The molecule has 0 fully saturated rings. The maximum absolute atomic E-state index is 12.5. The van der Waals surface area contributed by atoms with Gasteiger partial charge in [-0.2, -0.15) is 9.90 Å². The Morgan fingerprint density at radius 3 is 2.79 bits per heavy atom. The summed E-state index contributed by atoms with van der Waals surface area (Å²) in [6, 6.07) is 6.82. The van der Waals surface area contributed by atoms with Crippen LogP contribution in [0, 0.1) is 0 Å². The topological polar surface area (TPSA) is 124 Å². The molecule has 0 bridgehead atoms. The molecule has 2 amide bonds. The first-order chi connectivity index (χ1) is 11.5. The quantitative estimate of drug-likeness (QED) is 0.727. The number of urea groups is 1. The fourth-order valence-electron chi connectivity index (χ4n) is 2.15. The fraction of sp³-hybridized carbons (Fsp3) is 0.214. The highest BCUT2D eigenvalue weighted by Gasteiger charge is 2.16. The van der Waals surface area contributed by atoms with E-state index < -0.39 is 0 Å². The number of carbonyl (C=O) groups is 2. The van der Waals surface area contributed by atoms with Crippen LogP contribution < -0.4 is 11.1 Å². The zero-order valence-electron chi connectivity index (χ0n) is 13.2. The molecule has 3 rings (SSSR count). The van der Waals surface area contributed by atoms with Gasteiger partial charge < -0.3 is 10.6 Å². The minimum atomic E-state index is -0.335. The van der Waals surface area contributed by atoms with Crippen LogP contribution in [0.5, 0.6) is 0 Å². The first-order valence-electron chi connectivity index (χ1n) is 7.10. The second-order valence-corrected chi connectivity index (χ2v) is 5.27. The van der Waals surface area contributed by atoms with Crippen molar-refractivity contribution in [1.82, 2.24) is 29.4 Å². The van der Waals surface area contributed by atoms with Crippen LogP contribution in [0.25, 0.3) is 11.0 Å². The normalized spacial score (nSPS) is 10.8. The number of rotatable bonds is 3. The molecule has 0 aliphatic rings. The Kier molecular flexibility index (Phi) is 3.86. The zero-order valence-corrected chi connectivity index (χ0v) is 13.2. The minimum absolute atomic E-state index is 0.106. The van der Waals surface area contributed by atoms with E-state index in [2.05, 4.69) is 20.5 Å². The predicted octanol–water partition coefficient (Wildman–Crippen LogP) is 0.644. The van der Waals surface area contributed by atoms with Crippen LogP contribution in [0.15, 0.2) is 30.5 Å². The van der Waals surface area contributed by atoms with Crippen molar-refractivity contribution in [3.8, 4) is 0 Å². The highest BCUT2D eigenvalue weighted by molar-refractivity contribution is 5.93. The molecule has 3 N–H and O–H groups in total. The van der Waals surface area contributed by atoms with Crippen molar-refractivity contribution >= 4 is 34.7 Å². The molecule has 2 heterocycles. The van der Waals surface area contributed by atoms with E-state index in [9.17, 15) is 9.59 Å². The maximum Gasteiger partial charge on any atom is 0.322 e. The summed E-state index contributed by atoms with van der Waals surface area (Å²) in [5.74, 6) is 0.0294. The van der Waals surface area contributed by atoms with Crippen LogP contribution in [0.4, 0.5) is 16.6 Å². The van der Waals surface area contributed by atoms with Crippen molar-refractivity contribution in [2.24, 2.45) is 0 Å². The number of nitrogen functional groups attached to an aromatic ring is 1. The number of benzene rings is 1. The molecular formula is C14H16N8O2. The average Bonchev–Trinajstić information content (AvgIpc) is 3.09. The number of nitrogens with zero attached hydrogens (tertiary/aromatic N) is 6. The number of carbonyl (C=O) groups excluding carboxylic acids is 2. The smallest absolute Gasteiger partial charge is 0.322 e. The predicted molar refractivity (Wildman–Crippen MR) is 87.5 cm³/mol. The number of nitrogens with one attached hydrogen (secondary N) is 1. The first kappa shape index (κ1) is 15.5. The molecule has 0 radical (unpaired) electrons. The Morgan fingerprint density at radius 2 is 2.04 bits per heavy atom. The zero-order chi connectivity index (χ0) is 17.3. The largest absolute Gasteiger partial charge is 0.369 e. The number of aromatic nitrogens is 5. The van der Waals surface area contributed by atoms with E-state index >= 15 is 0 Å². The van der Waals surface area contributed by atoms with Crippen molar-refractivity contribution in [2.75, 3.05) is 25.1 Å². The van der Waals surface area contributed by atoms with Gasteiger partial charge in [0.1, 0.15) is 6.54 Å². The lowest BCUT2D eigenvalue weighted by Gasteiger charge is -2.09. The Morgan fingerprint density at radius 1 is 1.29 bits per heavy atom. The molecule has 3 aromatic rings. The van der Waals surface area contributed by atoms with Gasteiger partial charge in [-0.15, -0.1) is 5.10 Å². The second kappa shape index (κ2) is 5.99. The molecule has 10 heteroatoms. The number of nitrogens with two attached hydrogens (primary N) is 1. The van der Waals surface area contributed by atoms with E-state index in [1.54, 1.807) is 32.3 Å². The molecule has 0 aliphatic carbocycles. The Labute approximate surface area is 136 Å². The summed E-state index contributed by atoms with van der Waals surface area (Å²) in [4.78, 5) is 30.8. The molecule has 2 aromatic heterocycles. The lowest BCUT2D eigenvalue weighted by atomic mass is 10.3. The van der Waals surface area contributed by atoms with Gasteiger partial charge in [0.05, 0.1) is 17.2 Å². The summed E-state index contributed by atoms with van der Waals surface area (Å²) in [6.45, 7) is -0.137. The number of hydrogen-bond donors (Lipinski definition) is 2. The summed E-state index contributed by atoms with van der Waals surface area (Å²) in [5.41, 5.74) is 7.08. The van der Waals surface area contributed by atoms with Gasteiger partial charge in [0.2, 0.25) is 5.95 Å². The third-order valence-electron chi connectivity index (χ3n) is 3.29. The summed E-state index contributed by atoms with van der Waals surface area (Å²) < 4.78 is 1.32. The van der Waals surface area contributed by atoms with Crippen LogP contribution in [-0.2, 0) is 6.54 Å². The molecule has 0 saturated heterocycles. The van der Waals surface area contributed by atoms with E-state index in [0.717, 1.165) is 0 Å². The van der Waals surface area contributed by atoms with Gasteiger partial charge in [-0.25, -0.2) is 14.3 Å². The van der Waals surface area contributed by atoms with Crippen LogP contribution in [0.1, 0.15) is 4.79 Å². The number of para-hydroxylation sites is 2. The average molecular weight is 328 g/mol. The summed E-state index contributed by atoms with van der Waals surface area (Å²) in [6.07, 6.45) is 1.37. The molecule has 10 nitrogen and oxygen atoms in total. The highest BCUT2D eigenvalue weighted by Crippen LogP contribution is 2.17. The third kappa shape index (κ3) is 2.89. The molecule has 0 saturated carbocycles. The van der Waals surface area contributed by atoms with E-state index in [-0.39, 0.29) is 30.2 Å². The second-order valence-electron chi connectivity index (χ2n) is 5.27. The fourth-order valence-corrected chi connectivity index (χ4v) is 2.15. The van der Waals surface area contributed by atoms with Crippen molar-refractivity contribution in [3.05, 3.63) is 30.5 Å². The monoisotopic (exact) mass is 328 g/mol. The number of anilines is 2. The van der Waals surface area contributed by atoms with Crippen molar-refractivity contribution in [2.45, 2.75) is 6.54 Å². The van der Waals surface area contributed by atoms with Crippen molar-refractivity contribution in [3.63, 3.8) is 0 Å².